The van der Waals surface area contributed by atoms with Crippen molar-refractivity contribution in [3.05, 3.63) is 80.0 Å². The zero-order valence-electron chi connectivity index (χ0n) is 16.8. The van der Waals surface area contributed by atoms with E-state index in [2.05, 4.69) is 30.2 Å². The van der Waals surface area contributed by atoms with E-state index in [1.807, 2.05) is 0 Å². The van der Waals surface area contributed by atoms with Crippen LogP contribution in [0.25, 0.3) is 27.8 Å². The maximum absolute atomic E-state index is 14.2. The summed E-state index contributed by atoms with van der Waals surface area (Å²) >= 11 is 19.0. The van der Waals surface area contributed by atoms with Crippen molar-refractivity contribution >= 4 is 62.7 Å². The third-order valence-corrected chi connectivity index (χ3v) is 6.05. The Morgan fingerprint density at radius 1 is 1.09 bits per heavy atom. The monoisotopic (exact) mass is 503 g/mol. The summed E-state index contributed by atoms with van der Waals surface area (Å²) in [6.07, 6.45) is 2.88. The number of imidazole rings is 1. The second-order valence-electron chi connectivity index (χ2n) is 7.12. The molecular weight excluding hydrogens is 492 g/mol. The average molecular weight is 505 g/mol. The number of hydrogen-bond donors (Lipinski definition) is 2. The van der Waals surface area contributed by atoms with Crippen LogP contribution in [-0.4, -0.2) is 29.5 Å². The summed E-state index contributed by atoms with van der Waals surface area (Å²) in [5.41, 5.74) is 0.870. The molecule has 33 heavy (non-hydrogen) atoms. The van der Waals surface area contributed by atoms with Gasteiger partial charge in [0.1, 0.15) is 23.5 Å². The summed E-state index contributed by atoms with van der Waals surface area (Å²) in [4.78, 5) is 33.8. The number of aromatic amines is 1. The molecule has 0 amide bonds. The third kappa shape index (κ3) is 3.58. The number of hydrogen-bond acceptors (Lipinski definition) is 6. The van der Waals surface area contributed by atoms with Crippen LogP contribution >= 0.6 is 34.8 Å². The van der Waals surface area contributed by atoms with Gasteiger partial charge in [0.05, 0.1) is 44.0 Å². The van der Waals surface area contributed by atoms with Gasteiger partial charge >= 0.3 is 0 Å². The number of anilines is 1. The SMILES string of the molecule is C[C@H](Nc1ncnc2[nH]cnc12)c1nc2ccc(F)c(Cl)c2c(=O)n1-c1c(Cl)cccc1Cl. The van der Waals surface area contributed by atoms with Gasteiger partial charge in [-0.3, -0.25) is 9.36 Å². The molecule has 0 radical (unpaired) electrons. The smallest absolute Gasteiger partial charge is 0.267 e. The Kier molecular flexibility index (Phi) is 5.40. The number of fused-ring (bicyclic) bond motifs is 2. The predicted octanol–water partition coefficient (Wildman–Crippen LogP) is 5.32. The van der Waals surface area contributed by atoms with Gasteiger partial charge in [-0.2, -0.15) is 0 Å². The lowest BCUT2D eigenvalue weighted by molar-refractivity contribution is 0.629. The van der Waals surface area contributed by atoms with Crippen LogP contribution in [0.3, 0.4) is 0 Å². The third-order valence-electron chi connectivity index (χ3n) is 5.07. The molecule has 0 saturated heterocycles. The second kappa shape index (κ2) is 8.26. The van der Waals surface area contributed by atoms with Crippen molar-refractivity contribution in [1.29, 1.82) is 0 Å². The first-order chi connectivity index (χ1) is 15.9. The predicted molar refractivity (Wildman–Crippen MR) is 126 cm³/mol. The molecule has 5 aromatic rings. The first-order valence-electron chi connectivity index (χ1n) is 9.62. The Labute approximate surface area is 200 Å². The zero-order valence-corrected chi connectivity index (χ0v) is 19.0. The van der Waals surface area contributed by atoms with Gasteiger partial charge in [-0.25, -0.2) is 24.3 Å². The molecule has 0 fully saturated rings. The van der Waals surface area contributed by atoms with Gasteiger partial charge in [0, 0.05) is 0 Å². The molecule has 3 heterocycles. The first kappa shape index (κ1) is 21.6. The van der Waals surface area contributed by atoms with Crippen LogP contribution in [0.15, 0.2) is 47.8 Å². The molecule has 3 aromatic heterocycles. The molecule has 12 heteroatoms. The molecule has 2 aromatic carbocycles. The largest absolute Gasteiger partial charge is 0.358 e. The maximum atomic E-state index is 14.2. The number of H-pyrrole nitrogens is 1. The molecule has 0 saturated carbocycles. The van der Waals surface area contributed by atoms with Crippen LogP contribution in [0.1, 0.15) is 18.8 Å². The van der Waals surface area contributed by atoms with Crippen LogP contribution < -0.4 is 10.9 Å². The fraction of sp³-hybridized carbons (Fsp3) is 0.0952. The summed E-state index contributed by atoms with van der Waals surface area (Å²) in [7, 11) is 0. The molecule has 0 aliphatic rings. The molecule has 0 bridgehead atoms. The second-order valence-corrected chi connectivity index (χ2v) is 8.32. The minimum absolute atomic E-state index is 0.0830. The van der Waals surface area contributed by atoms with Gasteiger partial charge < -0.3 is 10.3 Å². The van der Waals surface area contributed by atoms with E-state index < -0.39 is 17.4 Å². The van der Waals surface area contributed by atoms with Crippen LogP contribution in [0.4, 0.5) is 10.2 Å². The van der Waals surface area contributed by atoms with Crippen molar-refractivity contribution in [2.24, 2.45) is 0 Å². The highest BCUT2D eigenvalue weighted by Crippen LogP contribution is 2.32. The summed E-state index contributed by atoms with van der Waals surface area (Å²) in [6, 6.07) is 6.79. The standard InChI is InChI=1S/C21H13Cl3FN7O/c1-9(30-19-16-18(27-7-26-16)28-8-29-19)20-31-13-6-5-12(25)15(24)14(13)21(33)32(20)17-10(22)3-2-4-11(17)23/h2-9H,1H3,(H2,26,27,28,29,30)/t9-/m0/s1. The lowest BCUT2D eigenvalue weighted by atomic mass is 10.2. The number of halogens is 4. The van der Waals surface area contributed by atoms with E-state index in [4.69, 9.17) is 34.8 Å². The normalized spacial score (nSPS) is 12.4. The molecule has 8 nitrogen and oxygen atoms in total. The van der Waals surface area contributed by atoms with Crippen LogP contribution in [0, 0.1) is 5.82 Å². The molecule has 0 spiro atoms. The Bertz CT molecular complexity index is 1580. The number of nitrogens with zero attached hydrogens (tertiary/aromatic N) is 5. The van der Waals surface area contributed by atoms with E-state index in [9.17, 15) is 9.18 Å². The highest BCUT2D eigenvalue weighted by molar-refractivity contribution is 6.38. The summed E-state index contributed by atoms with van der Waals surface area (Å²) in [5.74, 6) is -0.0507. The highest BCUT2D eigenvalue weighted by Gasteiger charge is 2.24. The molecule has 2 N–H and O–H groups in total. The van der Waals surface area contributed by atoms with Gasteiger partial charge in [0.2, 0.25) is 0 Å². The fourth-order valence-corrected chi connectivity index (χ4v) is 4.38. The Morgan fingerprint density at radius 2 is 1.85 bits per heavy atom. The molecule has 0 aliphatic heterocycles. The van der Waals surface area contributed by atoms with Crippen molar-refractivity contribution in [2.45, 2.75) is 13.0 Å². The lowest BCUT2D eigenvalue weighted by Gasteiger charge is -2.21. The van der Waals surface area contributed by atoms with Crippen LogP contribution in [0.5, 0.6) is 0 Å². The van der Waals surface area contributed by atoms with E-state index in [0.717, 1.165) is 6.07 Å². The first-order valence-corrected chi connectivity index (χ1v) is 10.8. The number of nitrogens with one attached hydrogen (secondary N) is 2. The van der Waals surface area contributed by atoms with E-state index in [1.54, 1.807) is 25.1 Å². The van der Waals surface area contributed by atoms with Crippen molar-refractivity contribution in [3.63, 3.8) is 0 Å². The molecular formula is C21H13Cl3FN7O. The summed E-state index contributed by atoms with van der Waals surface area (Å²) in [6.45, 7) is 1.78. The number of rotatable bonds is 4. The van der Waals surface area contributed by atoms with Crippen LogP contribution in [0.2, 0.25) is 15.1 Å². The van der Waals surface area contributed by atoms with E-state index >= 15 is 0 Å². The average Bonchev–Trinajstić information content (AvgIpc) is 3.27. The lowest BCUT2D eigenvalue weighted by Crippen LogP contribution is -2.28. The summed E-state index contributed by atoms with van der Waals surface area (Å²) in [5, 5.41) is 3.21. The zero-order chi connectivity index (χ0) is 23.3. The van der Waals surface area contributed by atoms with Gasteiger partial charge in [-0.1, -0.05) is 40.9 Å². The van der Waals surface area contributed by atoms with Gasteiger partial charge in [-0.05, 0) is 31.2 Å². The molecule has 5 rings (SSSR count). The molecule has 0 aliphatic carbocycles. The van der Waals surface area contributed by atoms with Crippen molar-refractivity contribution in [2.75, 3.05) is 5.32 Å². The maximum Gasteiger partial charge on any atom is 0.267 e. The molecule has 166 valence electrons. The number of benzene rings is 2. The van der Waals surface area contributed by atoms with E-state index in [1.165, 1.54) is 23.3 Å². The van der Waals surface area contributed by atoms with Crippen molar-refractivity contribution in [1.82, 2.24) is 29.5 Å². The minimum Gasteiger partial charge on any atom is -0.358 e. The Balaban J connectivity index is 1.78. The Morgan fingerprint density at radius 3 is 2.61 bits per heavy atom. The highest BCUT2D eigenvalue weighted by atomic mass is 35.5. The summed E-state index contributed by atoms with van der Waals surface area (Å²) < 4.78 is 15.4. The molecule has 0 unspecified atom stereocenters. The number of para-hydroxylation sites is 1. The van der Waals surface area contributed by atoms with Crippen LogP contribution in [-0.2, 0) is 0 Å². The van der Waals surface area contributed by atoms with E-state index in [-0.39, 0.29) is 37.5 Å². The number of aromatic nitrogens is 6. The van der Waals surface area contributed by atoms with Gasteiger partial charge in [-0.15, -0.1) is 0 Å². The van der Waals surface area contributed by atoms with Crippen molar-refractivity contribution < 1.29 is 4.39 Å². The van der Waals surface area contributed by atoms with Gasteiger partial charge in [0.25, 0.3) is 5.56 Å². The molecule has 1 atom stereocenters. The van der Waals surface area contributed by atoms with Crippen molar-refractivity contribution in [3.8, 4) is 5.69 Å². The van der Waals surface area contributed by atoms with Gasteiger partial charge in [0.15, 0.2) is 11.5 Å². The fourth-order valence-electron chi connectivity index (χ4n) is 3.58. The minimum atomic E-state index is -0.735. The quantitative estimate of drug-likeness (QED) is 0.343. The Hall–Kier alpha value is -3.27. The van der Waals surface area contributed by atoms with E-state index in [0.29, 0.717) is 17.0 Å². The topological polar surface area (TPSA) is 101 Å².